The number of hydrogen-bond acceptors (Lipinski definition) is 1. The summed E-state index contributed by atoms with van der Waals surface area (Å²) in [6, 6.07) is 17.2. The van der Waals surface area contributed by atoms with Gasteiger partial charge < -0.3 is 5.32 Å². The SMILES string of the molecule is CCCCNC(=O)c1ccccc1C#Cc1ccccc1. The van der Waals surface area contributed by atoms with Crippen molar-refractivity contribution in [3.05, 3.63) is 71.3 Å². The van der Waals surface area contributed by atoms with Gasteiger partial charge in [-0.2, -0.15) is 0 Å². The fourth-order valence-electron chi connectivity index (χ4n) is 1.93. The van der Waals surface area contributed by atoms with Crippen molar-refractivity contribution in [3.63, 3.8) is 0 Å². The van der Waals surface area contributed by atoms with Crippen LogP contribution in [-0.4, -0.2) is 12.5 Å². The van der Waals surface area contributed by atoms with Crippen molar-refractivity contribution in [3.8, 4) is 11.8 Å². The summed E-state index contributed by atoms with van der Waals surface area (Å²) in [5.41, 5.74) is 2.34. The van der Waals surface area contributed by atoms with Crippen LogP contribution in [0.3, 0.4) is 0 Å². The number of carbonyl (C=O) groups excluding carboxylic acids is 1. The molecule has 0 aliphatic heterocycles. The van der Waals surface area contributed by atoms with E-state index in [4.69, 9.17) is 0 Å². The average molecular weight is 277 g/mol. The molecule has 0 aliphatic carbocycles. The standard InChI is InChI=1S/C19H19NO/c1-2-3-15-20-19(21)18-12-8-7-11-17(18)14-13-16-9-5-4-6-10-16/h4-12H,2-3,15H2,1H3,(H,20,21). The van der Waals surface area contributed by atoms with Gasteiger partial charge in [0.15, 0.2) is 0 Å². The van der Waals surface area contributed by atoms with Gasteiger partial charge in [0.1, 0.15) is 0 Å². The van der Waals surface area contributed by atoms with Gasteiger partial charge in [0.05, 0.1) is 5.56 Å². The lowest BCUT2D eigenvalue weighted by Gasteiger charge is -2.06. The maximum Gasteiger partial charge on any atom is 0.252 e. The Hall–Kier alpha value is -2.53. The third kappa shape index (κ3) is 4.50. The molecule has 0 spiro atoms. The van der Waals surface area contributed by atoms with Crippen molar-refractivity contribution in [1.82, 2.24) is 5.32 Å². The molecule has 0 unspecified atom stereocenters. The molecule has 2 aromatic rings. The van der Waals surface area contributed by atoms with Crippen molar-refractivity contribution < 1.29 is 4.79 Å². The molecule has 2 nitrogen and oxygen atoms in total. The normalized spacial score (nSPS) is 9.57. The highest BCUT2D eigenvalue weighted by atomic mass is 16.1. The molecular formula is C19H19NO. The lowest BCUT2D eigenvalue weighted by atomic mass is 10.1. The van der Waals surface area contributed by atoms with Crippen LogP contribution in [0.2, 0.25) is 0 Å². The molecule has 0 aromatic heterocycles. The molecular weight excluding hydrogens is 258 g/mol. The van der Waals surface area contributed by atoms with E-state index in [0.717, 1.165) is 24.0 Å². The lowest BCUT2D eigenvalue weighted by molar-refractivity contribution is 0.0953. The first kappa shape index (κ1) is 14.9. The van der Waals surface area contributed by atoms with Gasteiger partial charge in [-0.3, -0.25) is 4.79 Å². The molecule has 0 fully saturated rings. The van der Waals surface area contributed by atoms with Crippen molar-refractivity contribution in [1.29, 1.82) is 0 Å². The third-order valence-corrected chi connectivity index (χ3v) is 3.10. The highest BCUT2D eigenvalue weighted by molar-refractivity contribution is 5.96. The van der Waals surface area contributed by atoms with Gasteiger partial charge in [-0.25, -0.2) is 0 Å². The first-order chi connectivity index (χ1) is 10.3. The topological polar surface area (TPSA) is 29.1 Å². The van der Waals surface area contributed by atoms with Crippen LogP contribution in [0, 0.1) is 11.8 Å². The predicted octanol–water partition coefficient (Wildman–Crippen LogP) is 3.62. The van der Waals surface area contributed by atoms with E-state index in [1.807, 2.05) is 54.6 Å². The molecule has 1 amide bonds. The van der Waals surface area contributed by atoms with Crippen LogP contribution < -0.4 is 5.32 Å². The van der Waals surface area contributed by atoms with Gasteiger partial charge in [0, 0.05) is 17.7 Å². The summed E-state index contributed by atoms with van der Waals surface area (Å²) in [7, 11) is 0. The van der Waals surface area contributed by atoms with E-state index in [2.05, 4.69) is 24.1 Å². The minimum atomic E-state index is -0.0542. The molecule has 2 heteroatoms. The molecule has 0 saturated heterocycles. The van der Waals surface area contributed by atoms with Gasteiger partial charge in [-0.1, -0.05) is 55.5 Å². The Balaban J connectivity index is 2.18. The third-order valence-electron chi connectivity index (χ3n) is 3.10. The number of hydrogen-bond donors (Lipinski definition) is 1. The van der Waals surface area contributed by atoms with E-state index in [1.165, 1.54) is 0 Å². The summed E-state index contributed by atoms with van der Waals surface area (Å²) in [5.74, 6) is 6.13. The number of carbonyl (C=O) groups is 1. The molecule has 2 rings (SSSR count). The van der Waals surface area contributed by atoms with Crippen molar-refractivity contribution in [2.45, 2.75) is 19.8 Å². The van der Waals surface area contributed by atoms with Crippen LogP contribution in [0.25, 0.3) is 0 Å². The highest BCUT2D eigenvalue weighted by Crippen LogP contribution is 2.08. The summed E-state index contributed by atoms with van der Waals surface area (Å²) in [6.45, 7) is 2.81. The molecule has 0 atom stereocenters. The molecule has 2 aromatic carbocycles. The number of unbranched alkanes of at least 4 members (excludes halogenated alkanes) is 1. The Morgan fingerprint density at radius 2 is 1.71 bits per heavy atom. The smallest absolute Gasteiger partial charge is 0.252 e. The quantitative estimate of drug-likeness (QED) is 0.671. The second-order valence-electron chi connectivity index (χ2n) is 4.77. The first-order valence-electron chi connectivity index (χ1n) is 7.25. The zero-order valence-corrected chi connectivity index (χ0v) is 12.2. The summed E-state index contributed by atoms with van der Waals surface area (Å²) < 4.78 is 0. The zero-order chi connectivity index (χ0) is 14.9. The minimum Gasteiger partial charge on any atom is -0.352 e. The van der Waals surface area contributed by atoms with Gasteiger partial charge in [-0.15, -0.1) is 0 Å². The summed E-state index contributed by atoms with van der Waals surface area (Å²) >= 11 is 0. The number of rotatable bonds is 4. The molecule has 0 aliphatic rings. The molecule has 1 N–H and O–H groups in total. The number of nitrogens with one attached hydrogen (secondary N) is 1. The molecule has 0 radical (unpaired) electrons. The monoisotopic (exact) mass is 277 g/mol. The van der Waals surface area contributed by atoms with E-state index < -0.39 is 0 Å². The Kier molecular flexibility index (Phi) is 5.60. The Labute approximate surface area is 126 Å². The number of amides is 1. The van der Waals surface area contributed by atoms with Crippen molar-refractivity contribution in [2.75, 3.05) is 6.54 Å². The van der Waals surface area contributed by atoms with Crippen LogP contribution >= 0.6 is 0 Å². The first-order valence-corrected chi connectivity index (χ1v) is 7.25. The Morgan fingerprint density at radius 3 is 2.48 bits per heavy atom. The van der Waals surface area contributed by atoms with E-state index in [9.17, 15) is 4.79 Å². The Bertz CT molecular complexity index is 650. The highest BCUT2D eigenvalue weighted by Gasteiger charge is 2.08. The maximum absolute atomic E-state index is 12.2. The van der Waals surface area contributed by atoms with Crippen LogP contribution in [0.4, 0.5) is 0 Å². The average Bonchev–Trinajstić information content (AvgIpc) is 2.54. The van der Waals surface area contributed by atoms with Gasteiger partial charge in [0.2, 0.25) is 0 Å². The molecule has 106 valence electrons. The van der Waals surface area contributed by atoms with E-state index in [-0.39, 0.29) is 5.91 Å². The fraction of sp³-hybridized carbons (Fsp3) is 0.211. The van der Waals surface area contributed by atoms with Gasteiger partial charge in [-0.05, 0) is 30.7 Å². The van der Waals surface area contributed by atoms with Gasteiger partial charge in [0.25, 0.3) is 5.91 Å². The van der Waals surface area contributed by atoms with Gasteiger partial charge >= 0.3 is 0 Å². The summed E-state index contributed by atoms with van der Waals surface area (Å²) in [5, 5.41) is 2.93. The molecule has 21 heavy (non-hydrogen) atoms. The zero-order valence-electron chi connectivity index (χ0n) is 12.2. The van der Waals surface area contributed by atoms with Crippen LogP contribution in [-0.2, 0) is 0 Å². The second kappa shape index (κ2) is 7.91. The van der Waals surface area contributed by atoms with Crippen LogP contribution in [0.1, 0.15) is 41.3 Å². The van der Waals surface area contributed by atoms with E-state index >= 15 is 0 Å². The fourth-order valence-corrected chi connectivity index (χ4v) is 1.93. The van der Waals surface area contributed by atoms with E-state index in [0.29, 0.717) is 12.1 Å². The molecule has 0 saturated carbocycles. The maximum atomic E-state index is 12.2. The number of benzene rings is 2. The van der Waals surface area contributed by atoms with Crippen LogP contribution in [0.5, 0.6) is 0 Å². The van der Waals surface area contributed by atoms with Crippen LogP contribution in [0.15, 0.2) is 54.6 Å². The molecule has 0 heterocycles. The van der Waals surface area contributed by atoms with E-state index in [1.54, 1.807) is 0 Å². The minimum absolute atomic E-state index is 0.0542. The Morgan fingerprint density at radius 1 is 1.00 bits per heavy atom. The second-order valence-corrected chi connectivity index (χ2v) is 4.77. The summed E-state index contributed by atoms with van der Waals surface area (Å²) in [4.78, 5) is 12.2. The predicted molar refractivity (Wildman–Crippen MR) is 86.1 cm³/mol. The molecule has 0 bridgehead atoms. The summed E-state index contributed by atoms with van der Waals surface area (Å²) in [6.07, 6.45) is 2.05. The lowest BCUT2D eigenvalue weighted by Crippen LogP contribution is -2.25. The van der Waals surface area contributed by atoms with Crippen molar-refractivity contribution >= 4 is 5.91 Å². The van der Waals surface area contributed by atoms with Crippen molar-refractivity contribution in [2.24, 2.45) is 0 Å². The largest absolute Gasteiger partial charge is 0.352 e.